The van der Waals surface area contributed by atoms with Crippen molar-refractivity contribution in [2.24, 2.45) is 17.3 Å². The van der Waals surface area contributed by atoms with Gasteiger partial charge in [-0.05, 0) is 56.0 Å². The minimum atomic E-state index is -1.35. The van der Waals surface area contributed by atoms with E-state index in [0.717, 1.165) is 0 Å². The molecule has 7 heteroatoms. The van der Waals surface area contributed by atoms with Crippen LogP contribution in [0.1, 0.15) is 26.7 Å². The Morgan fingerprint density at radius 1 is 1.32 bits per heavy atom. The number of nitrogens with zero attached hydrogens (tertiary/aromatic N) is 1. The number of hydrogen-bond donors (Lipinski definition) is 1. The summed E-state index contributed by atoms with van der Waals surface area (Å²) >= 11 is 3.25. The highest BCUT2D eigenvalue weighted by Crippen LogP contribution is 2.62. The quantitative estimate of drug-likeness (QED) is 0.527. The van der Waals surface area contributed by atoms with E-state index in [-0.39, 0.29) is 17.6 Å². The summed E-state index contributed by atoms with van der Waals surface area (Å²) in [4.78, 5) is 27.6. The second-order valence-electron chi connectivity index (χ2n) is 8.74. The Morgan fingerprint density at radius 3 is 2.79 bits per heavy atom. The van der Waals surface area contributed by atoms with Crippen LogP contribution in [0.2, 0.25) is 0 Å². The first kappa shape index (κ1) is 18.3. The molecular formula is C21H21BrFNO4. The zero-order valence-corrected chi connectivity index (χ0v) is 17.2. The first-order valence-electron chi connectivity index (χ1n) is 9.56. The van der Waals surface area contributed by atoms with Gasteiger partial charge >= 0.3 is 5.97 Å². The van der Waals surface area contributed by atoms with Gasteiger partial charge in [-0.3, -0.25) is 4.79 Å². The molecule has 3 fully saturated rings. The largest absolute Gasteiger partial charge is 0.459 e. The monoisotopic (exact) mass is 449 g/mol. The molecule has 1 saturated carbocycles. The van der Waals surface area contributed by atoms with Gasteiger partial charge in [-0.1, -0.05) is 22.9 Å². The van der Waals surface area contributed by atoms with Crippen LogP contribution in [0.15, 0.2) is 34.8 Å². The molecule has 4 aliphatic rings. The fourth-order valence-corrected chi connectivity index (χ4v) is 6.08. The van der Waals surface area contributed by atoms with E-state index in [1.165, 1.54) is 12.1 Å². The predicted octanol–water partition coefficient (Wildman–Crippen LogP) is 2.99. The second kappa shape index (κ2) is 5.45. The molecule has 0 bridgehead atoms. The van der Waals surface area contributed by atoms with Crippen LogP contribution in [0, 0.1) is 23.1 Å². The van der Waals surface area contributed by atoms with E-state index >= 15 is 0 Å². The van der Waals surface area contributed by atoms with Crippen molar-refractivity contribution in [3.05, 3.63) is 40.6 Å². The van der Waals surface area contributed by atoms with Crippen molar-refractivity contribution in [3.63, 3.8) is 0 Å². The third-order valence-electron chi connectivity index (χ3n) is 7.61. The van der Waals surface area contributed by atoms with Gasteiger partial charge in [0.25, 0.3) is 0 Å². The van der Waals surface area contributed by atoms with Crippen LogP contribution in [-0.2, 0) is 14.3 Å². The SMILES string of the molecule is C[C@H]1CCC2C(OC(=O)C23CN3c2ccc(Br)cc2F)[C@]2(C)C(=O)C=C[C@@]12O. The van der Waals surface area contributed by atoms with Gasteiger partial charge in [-0.25, -0.2) is 9.18 Å². The van der Waals surface area contributed by atoms with E-state index in [1.807, 2.05) is 6.92 Å². The van der Waals surface area contributed by atoms with Crippen LogP contribution < -0.4 is 4.90 Å². The molecule has 2 heterocycles. The summed E-state index contributed by atoms with van der Waals surface area (Å²) in [5.41, 5.74) is -3.18. The summed E-state index contributed by atoms with van der Waals surface area (Å²) in [6.07, 6.45) is 3.53. The van der Waals surface area contributed by atoms with Gasteiger partial charge in [0.1, 0.15) is 17.5 Å². The van der Waals surface area contributed by atoms with E-state index < -0.39 is 34.4 Å². The van der Waals surface area contributed by atoms with E-state index in [1.54, 1.807) is 30.0 Å². The number of ether oxygens (including phenoxy) is 1. The topological polar surface area (TPSA) is 66.6 Å². The van der Waals surface area contributed by atoms with Crippen LogP contribution in [0.4, 0.5) is 10.1 Å². The minimum Gasteiger partial charge on any atom is -0.459 e. The molecule has 0 amide bonds. The summed E-state index contributed by atoms with van der Waals surface area (Å²) in [5, 5.41) is 11.4. The van der Waals surface area contributed by atoms with Gasteiger partial charge in [-0.2, -0.15) is 0 Å². The van der Waals surface area contributed by atoms with E-state index in [4.69, 9.17) is 4.74 Å². The number of halogens is 2. The molecule has 5 nitrogen and oxygen atoms in total. The Kier molecular flexibility index (Phi) is 3.56. The van der Waals surface area contributed by atoms with Crippen LogP contribution in [-0.4, -0.2) is 40.6 Å². The number of carbonyl (C=O) groups excluding carboxylic acids is 2. The minimum absolute atomic E-state index is 0.154. The lowest BCUT2D eigenvalue weighted by atomic mass is 9.64. The maximum atomic E-state index is 14.6. The van der Waals surface area contributed by atoms with E-state index in [9.17, 15) is 19.1 Å². The Hall–Kier alpha value is -1.73. The molecular weight excluding hydrogens is 429 g/mol. The number of fused-ring (bicyclic) bond motifs is 4. The highest BCUT2D eigenvalue weighted by Gasteiger charge is 2.77. The third kappa shape index (κ3) is 1.94. The number of hydrogen-bond acceptors (Lipinski definition) is 5. The average molecular weight is 450 g/mol. The van der Waals surface area contributed by atoms with Crippen LogP contribution >= 0.6 is 15.9 Å². The normalized spacial score (nSPS) is 43.8. The third-order valence-corrected chi connectivity index (χ3v) is 8.10. The summed E-state index contributed by atoms with van der Waals surface area (Å²) in [5.74, 6) is -1.49. The molecule has 0 radical (unpaired) electrons. The molecule has 1 aromatic rings. The number of ketones is 1. The maximum absolute atomic E-state index is 14.6. The number of anilines is 1. The Morgan fingerprint density at radius 2 is 2.07 bits per heavy atom. The molecule has 0 aromatic heterocycles. The lowest BCUT2D eigenvalue weighted by Crippen LogP contribution is -2.57. The molecule has 1 aromatic carbocycles. The summed E-state index contributed by atoms with van der Waals surface area (Å²) in [6, 6.07) is 4.76. The Balaban J connectivity index is 1.58. The summed E-state index contributed by atoms with van der Waals surface area (Å²) in [6.45, 7) is 3.99. The summed E-state index contributed by atoms with van der Waals surface area (Å²) in [7, 11) is 0. The molecule has 6 atom stereocenters. The number of benzene rings is 1. The second-order valence-corrected chi connectivity index (χ2v) is 9.66. The molecule has 148 valence electrons. The van der Waals surface area contributed by atoms with Gasteiger partial charge in [-0.15, -0.1) is 0 Å². The average Bonchev–Trinajstić information content (AvgIpc) is 3.26. The number of rotatable bonds is 1. The fourth-order valence-electron chi connectivity index (χ4n) is 5.75. The molecule has 3 unspecified atom stereocenters. The van der Waals surface area contributed by atoms with Crippen molar-refractivity contribution in [1.82, 2.24) is 0 Å². The zero-order chi connectivity index (χ0) is 20.1. The molecule has 5 rings (SSSR count). The van der Waals surface area contributed by atoms with E-state index in [0.29, 0.717) is 29.5 Å². The first-order valence-corrected chi connectivity index (χ1v) is 10.4. The molecule has 2 aliphatic heterocycles. The lowest BCUT2D eigenvalue weighted by molar-refractivity contribution is -0.166. The molecule has 1 spiro atoms. The van der Waals surface area contributed by atoms with Crippen LogP contribution in [0.3, 0.4) is 0 Å². The highest BCUT2D eigenvalue weighted by molar-refractivity contribution is 9.10. The van der Waals surface area contributed by atoms with Crippen molar-refractivity contribution in [1.29, 1.82) is 0 Å². The standard InChI is InChI=1S/C21H21BrFNO4/c1-11-3-5-13-17(19(2)16(25)7-8-21(11,19)27)28-18(26)20(13)10-24(20)15-6-4-12(22)9-14(15)23/h4,6-9,11,13,17,27H,3,5,10H2,1-2H3/t11-,13?,17?,19-,20?,21+,24?/m0/s1. The van der Waals surface area contributed by atoms with Crippen molar-refractivity contribution in [2.45, 2.75) is 43.9 Å². The number of esters is 1. The number of carbonyl (C=O) groups is 2. The van der Waals surface area contributed by atoms with Crippen molar-refractivity contribution in [2.75, 3.05) is 11.4 Å². The van der Waals surface area contributed by atoms with Crippen molar-refractivity contribution in [3.8, 4) is 0 Å². The number of allylic oxidation sites excluding steroid dienone is 1. The Labute approximate surface area is 170 Å². The van der Waals surface area contributed by atoms with Gasteiger partial charge in [0.05, 0.1) is 17.6 Å². The van der Waals surface area contributed by atoms with Gasteiger partial charge in [0.15, 0.2) is 11.3 Å². The van der Waals surface area contributed by atoms with Crippen LogP contribution in [0.5, 0.6) is 0 Å². The predicted molar refractivity (Wildman–Crippen MR) is 103 cm³/mol. The fraction of sp³-hybridized carbons (Fsp3) is 0.524. The zero-order valence-electron chi connectivity index (χ0n) is 15.6. The van der Waals surface area contributed by atoms with Crippen molar-refractivity contribution < 1.29 is 23.8 Å². The van der Waals surface area contributed by atoms with Gasteiger partial charge in [0.2, 0.25) is 0 Å². The van der Waals surface area contributed by atoms with Crippen LogP contribution in [0.25, 0.3) is 0 Å². The summed E-state index contributed by atoms with van der Waals surface area (Å²) < 4.78 is 21.0. The van der Waals surface area contributed by atoms with Gasteiger partial charge in [0, 0.05) is 10.4 Å². The smallest absolute Gasteiger partial charge is 0.334 e. The highest BCUT2D eigenvalue weighted by atomic mass is 79.9. The van der Waals surface area contributed by atoms with Crippen molar-refractivity contribution >= 4 is 33.4 Å². The lowest BCUT2D eigenvalue weighted by Gasteiger charge is -2.43. The molecule has 2 saturated heterocycles. The maximum Gasteiger partial charge on any atom is 0.334 e. The Bertz CT molecular complexity index is 950. The molecule has 28 heavy (non-hydrogen) atoms. The molecule has 2 aliphatic carbocycles. The van der Waals surface area contributed by atoms with E-state index in [2.05, 4.69) is 15.9 Å². The molecule has 1 N–H and O–H groups in total. The first-order chi connectivity index (χ1) is 13.2. The number of aliphatic hydroxyl groups is 1. The van der Waals surface area contributed by atoms with Gasteiger partial charge < -0.3 is 14.7 Å².